The number of amides is 4. The van der Waals surface area contributed by atoms with Crippen LogP contribution in [-0.4, -0.2) is 95.4 Å². The highest BCUT2D eigenvalue weighted by Crippen LogP contribution is 2.35. The van der Waals surface area contributed by atoms with Crippen LogP contribution < -0.4 is 0 Å². The molecule has 27 heavy (non-hydrogen) atoms. The maximum absolute atomic E-state index is 13.1. The average molecular weight is 375 g/mol. The number of hydrogen-bond acceptors (Lipinski definition) is 3. The predicted octanol–water partition coefficient (Wildman–Crippen LogP) is 0.703. The number of aromatic nitrogens is 1. The highest BCUT2D eigenvalue weighted by atomic mass is 16.2. The van der Waals surface area contributed by atoms with E-state index in [1.807, 2.05) is 36.0 Å². The van der Waals surface area contributed by atoms with Crippen LogP contribution in [0.25, 0.3) is 0 Å². The third kappa shape index (κ3) is 3.65. The number of nitrogens with zero attached hydrogens (tertiary/aromatic N) is 5. The first-order valence-electron chi connectivity index (χ1n) is 9.41. The summed E-state index contributed by atoms with van der Waals surface area (Å²) in [6.45, 7) is 5.09. The van der Waals surface area contributed by atoms with Crippen molar-refractivity contribution >= 4 is 17.8 Å². The van der Waals surface area contributed by atoms with Gasteiger partial charge >= 0.3 is 6.03 Å². The first kappa shape index (κ1) is 19.3. The Morgan fingerprint density at radius 3 is 2.37 bits per heavy atom. The third-order valence-corrected chi connectivity index (χ3v) is 5.58. The second-order valence-electron chi connectivity index (χ2n) is 7.91. The molecular formula is C19H29N5O3. The van der Waals surface area contributed by atoms with Crippen LogP contribution in [0.1, 0.15) is 23.8 Å². The second kappa shape index (κ2) is 7.25. The highest BCUT2D eigenvalue weighted by Gasteiger charge is 2.48. The molecule has 1 aromatic heterocycles. The first-order chi connectivity index (χ1) is 12.8. The van der Waals surface area contributed by atoms with Gasteiger partial charge in [0.15, 0.2) is 0 Å². The Balaban J connectivity index is 1.90. The van der Waals surface area contributed by atoms with Gasteiger partial charge in [-0.2, -0.15) is 0 Å². The molecule has 0 N–H and O–H groups in total. The monoisotopic (exact) mass is 375 g/mol. The molecule has 0 bridgehead atoms. The van der Waals surface area contributed by atoms with E-state index < -0.39 is 5.41 Å². The van der Waals surface area contributed by atoms with Crippen molar-refractivity contribution < 1.29 is 14.4 Å². The van der Waals surface area contributed by atoms with Crippen molar-refractivity contribution in [2.75, 3.05) is 53.4 Å². The Morgan fingerprint density at radius 2 is 1.81 bits per heavy atom. The number of urea groups is 1. The van der Waals surface area contributed by atoms with Gasteiger partial charge in [-0.25, -0.2) is 4.79 Å². The van der Waals surface area contributed by atoms with E-state index >= 15 is 0 Å². The van der Waals surface area contributed by atoms with Crippen LogP contribution in [0.4, 0.5) is 4.79 Å². The molecule has 1 atom stereocenters. The zero-order chi connectivity index (χ0) is 19.8. The van der Waals surface area contributed by atoms with Gasteiger partial charge in [-0.3, -0.25) is 9.59 Å². The average Bonchev–Trinajstić information content (AvgIpc) is 3.12. The summed E-state index contributed by atoms with van der Waals surface area (Å²) in [6.07, 6.45) is 2.22. The van der Waals surface area contributed by atoms with Crippen molar-refractivity contribution in [3.8, 4) is 0 Å². The highest BCUT2D eigenvalue weighted by molar-refractivity contribution is 5.93. The van der Waals surface area contributed by atoms with Crippen molar-refractivity contribution in [3.63, 3.8) is 0 Å². The Bertz CT molecular complexity index is 743. The van der Waals surface area contributed by atoms with Crippen molar-refractivity contribution in [2.45, 2.75) is 13.3 Å². The number of rotatable bonds is 2. The molecule has 8 heteroatoms. The molecule has 2 aliphatic rings. The standard InChI is InChI=1S/C19H29N5O3/c1-5-22-12-19(11-16(22)25)13-23(17(26)15-7-6-8-21(15)4)9-10-24(14-19)18(27)20(2)3/h6-8H,5,9-14H2,1-4H3/t19-/m0/s1. The second-order valence-corrected chi connectivity index (χ2v) is 7.91. The Kier molecular flexibility index (Phi) is 5.17. The summed E-state index contributed by atoms with van der Waals surface area (Å²) in [4.78, 5) is 45.2. The van der Waals surface area contributed by atoms with Crippen LogP contribution in [-0.2, 0) is 11.8 Å². The first-order valence-corrected chi connectivity index (χ1v) is 9.41. The van der Waals surface area contributed by atoms with Crippen molar-refractivity contribution in [1.29, 1.82) is 0 Å². The molecule has 2 fully saturated rings. The summed E-state index contributed by atoms with van der Waals surface area (Å²) in [5, 5.41) is 0. The van der Waals surface area contributed by atoms with E-state index in [0.29, 0.717) is 51.4 Å². The summed E-state index contributed by atoms with van der Waals surface area (Å²) in [5.74, 6) is 0.0475. The van der Waals surface area contributed by atoms with Crippen LogP contribution in [0.15, 0.2) is 18.3 Å². The smallest absolute Gasteiger partial charge is 0.319 e. The zero-order valence-corrected chi connectivity index (χ0v) is 16.6. The van der Waals surface area contributed by atoms with Gasteiger partial charge < -0.3 is 24.2 Å². The van der Waals surface area contributed by atoms with Crippen molar-refractivity contribution in [2.24, 2.45) is 12.5 Å². The number of aryl methyl sites for hydroxylation is 1. The molecular weight excluding hydrogens is 346 g/mol. The van der Waals surface area contributed by atoms with Crippen LogP contribution in [0.5, 0.6) is 0 Å². The van der Waals surface area contributed by atoms with Gasteiger partial charge in [0.25, 0.3) is 5.91 Å². The van der Waals surface area contributed by atoms with Gasteiger partial charge in [-0.1, -0.05) is 0 Å². The Morgan fingerprint density at radius 1 is 1.15 bits per heavy atom. The number of carbonyl (C=O) groups is 3. The fourth-order valence-corrected chi connectivity index (χ4v) is 4.21. The summed E-state index contributed by atoms with van der Waals surface area (Å²) < 4.78 is 1.81. The van der Waals surface area contributed by atoms with E-state index in [1.165, 1.54) is 0 Å². The quantitative estimate of drug-likeness (QED) is 0.764. The minimum atomic E-state index is -0.421. The molecule has 4 amide bonds. The molecule has 2 saturated heterocycles. The molecule has 0 radical (unpaired) electrons. The summed E-state index contributed by atoms with van der Waals surface area (Å²) in [6, 6.07) is 3.58. The van der Waals surface area contributed by atoms with Gasteiger partial charge in [0.1, 0.15) is 5.69 Å². The number of hydrogen-bond donors (Lipinski definition) is 0. The van der Waals surface area contributed by atoms with Crippen molar-refractivity contribution in [1.82, 2.24) is 24.2 Å². The normalized spacial score (nSPS) is 23.1. The van der Waals surface area contributed by atoms with Crippen LogP contribution in [0, 0.1) is 5.41 Å². The maximum Gasteiger partial charge on any atom is 0.319 e. The van der Waals surface area contributed by atoms with E-state index in [1.54, 1.807) is 34.5 Å². The van der Waals surface area contributed by atoms with Crippen LogP contribution in [0.3, 0.4) is 0 Å². The van der Waals surface area contributed by atoms with Gasteiger partial charge in [0, 0.05) is 78.4 Å². The number of likely N-dealkylation sites (tertiary alicyclic amines) is 1. The SMILES string of the molecule is CCN1C[C@@]2(CC1=O)CN(C(=O)c1cccn1C)CCN(C(=O)N(C)C)C2. The fourth-order valence-electron chi connectivity index (χ4n) is 4.21. The molecule has 0 unspecified atom stereocenters. The summed E-state index contributed by atoms with van der Waals surface area (Å²) in [5.41, 5.74) is 0.199. The van der Waals surface area contributed by atoms with E-state index in [2.05, 4.69) is 0 Å². The predicted molar refractivity (Wildman–Crippen MR) is 101 cm³/mol. The lowest BCUT2D eigenvalue weighted by atomic mass is 9.86. The van der Waals surface area contributed by atoms with E-state index in [4.69, 9.17) is 0 Å². The topological polar surface area (TPSA) is 69.1 Å². The van der Waals surface area contributed by atoms with Crippen molar-refractivity contribution in [3.05, 3.63) is 24.0 Å². The van der Waals surface area contributed by atoms with Gasteiger partial charge in [0.2, 0.25) is 5.91 Å². The minimum Gasteiger partial charge on any atom is -0.347 e. The lowest BCUT2D eigenvalue weighted by Crippen LogP contribution is -2.47. The minimum absolute atomic E-state index is 0.0524. The molecule has 2 aliphatic heterocycles. The van der Waals surface area contributed by atoms with E-state index in [9.17, 15) is 14.4 Å². The summed E-state index contributed by atoms with van der Waals surface area (Å²) >= 11 is 0. The number of carbonyl (C=O) groups excluding carboxylic acids is 3. The molecule has 0 aliphatic carbocycles. The van der Waals surface area contributed by atoms with Crippen LogP contribution >= 0.6 is 0 Å². The van der Waals surface area contributed by atoms with Gasteiger partial charge in [-0.05, 0) is 19.1 Å². The fraction of sp³-hybridized carbons (Fsp3) is 0.632. The lowest BCUT2D eigenvalue weighted by Gasteiger charge is -2.34. The van der Waals surface area contributed by atoms with Gasteiger partial charge in [-0.15, -0.1) is 0 Å². The molecule has 1 aromatic rings. The molecule has 0 saturated carbocycles. The third-order valence-electron chi connectivity index (χ3n) is 5.58. The Hall–Kier alpha value is -2.51. The zero-order valence-electron chi connectivity index (χ0n) is 16.6. The molecule has 3 heterocycles. The van der Waals surface area contributed by atoms with E-state index in [0.717, 1.165) is 0 Å². The molecule has 0 aromatic carbocycles. The lowest BCUT2D eigenvalue weighted by molar-refractivity contribution is -0.127. The summed E-state index contributed by atoms with van der Waals surface area (Å²) in [7, 11) is 5.30. The molecule has 3 rings (SSSR count). The molecule has 1 spiro atoms. The van der Waals surface area contributed by atoms with Crippen LogP contribution in [0.2, 0.25) is 0 Å². The maximum atomic E-state index is 13.1. The largest absolute Gasteiger partial charge is 0.347 e. The van der Waals surface area contributed by atoms with E-state index in [-0.39, 0.29) is 17.8 Å². The Labute approximate surface area is 160 Å². The molecule has 148 valence electrons. The van der Waals surface area contributed by atoms with Gasteiger partial charge in [0.05, 0.1) is 0 Å². The molecule has 8 nitrogen and oxygen atoms in total.